The summed E-state index contributed by atoms with van der Waals surface area (Å²) in [5.74, 6) is 0.261. The van der Waals surface area contributed by atoms with E-state index in [1.807, 2.05) is 19.9 Å². The number of amides is 1. The van der Waals surface area contributed by atoms with Gasteiger partial charge in [-0.1, -0.05) is 6.07 Å². The molecule has 0 aliphatic rings. The van der Waals surface area contributed by atoms with Gasteiger partial charge in [0.15, 0.2) is 5.49 Å². The number of methoxy groups -OCH3 is 2. The van der Waals surface area contributed by atoms with E-state index in [0.29, 0.717) is 49.0 Å². The van der Waals surface area contributed by atoms with Crippen LogP contribution in [0.15, 0.2) is 52.4 Å². The number of aromatic nitrogens is 3. The number of fused-ring (bicyclic) bond motifs is 2. The van der Waals surface area contributed by atoms with Gasteiger partial charge in [-0.05, 0) is 50.1 Å². The summed E-state index contributed by atoms with van der Waals surface area (Å²) in [5.41, 5.74) is 1.74. The molecule has 0 saturated carbocycles. The molecule has 0 fully saturated rings. The topological polar surface area (TPSA) is 120 Å². The third-order valence-electron chi connectivity index (χ3n) is 5.91. The van der Waals surface area contributed by atoms with Gasteiger partial charge in [-0.2, -0.15) is 10.3 Å². The molecule has 37 heavy (non-hydrogen) atoms. The number of rotatable bonds is 8. The average Bonchev–Trinajstić information content (AvgIpc) is 2.92. The van der Waals surface area contributed by atoms with E-state index >= 15 is 0 Å². The first kappa shape index (κ1) is 25.6. The normalized spacial score (nSPS) is 11.6. The summed E-state index contributed by atoms with van der Waals surface area (Å²) >= 11 is 0. The van der Waals surface area contributed by atoms with Crippen LogP contribution in [-0.4, -0.2) is 47.3 Å². The second-order valence-corrected chi connectivity index (χ2v) is 8.25. The lowest BCUT2D eigenvalue weighted by molar-refractivity contribution is 0.0996. The van der Waals surface area contributed by atoms with E-state index in [0.717, 1.165) is 5.56 Å². The largest absolute Gasteiger partial charge is 0.497 e. The summed E-state index contributed by atoms with van der Waals surface area (Å²) in [4.78, 5) is 35.8. The molecular weight excluding hydrogens is 474 g/mol. The van der Waals surface area contributed by atoms with Crippen LogP contribution in [0.5, 0.6) is 11.5 Å². The first-order valence-corrected chi connectivity index (χ1v) is 11.8. The van der Waals surface area contributed by atoms with Crippen LogP contribution < -0.4 is 20.5 Å². The number of hydrogen-bond donors (Lipinski definition) is 0. The highest BCUT2D eigenvalue weighted by Crippen LogP contribution is 2.23. The summed E-state index contributed by atoms with van der Waals surface area (Å²) in [6, 6.07) is 11.9. The fraction of sp³-hybridized carbons (Fsp3) is 0.296. The van der Waals surface area contributed by atoms with Crippen LogP contribution in [0.2, 0.25) is 0 Å². The Kier molecular flexibility index (Phi) is 7.65. The Morgan fingerprint density at radius 3 is 2.51 bits per heavy atom. The summed E-state index contributed by atoms with van der Waals surface area (Å²) in [5, 5.41) is 10.2. The van der Waals surface area contributed by atoms with Crippen LogP contribution in [-0.2, 0) is 11.3 Å². The molecule has 190 valence electrons. The van der Waals surface area contributed by atoms with Gasteiger partial charge in [0.05, 0.1) is 25.2 Å². The number of benzene rings is 1. The summed E-state index contributed by atoms with van der Waals surface area (Å²) in [7, 11) is 2.97. The molecule has 0 aliphatic heterocycles. The monoisotopic (exact) mass is 501 g/mol. The van der Waals surface area contributed by atoms with Crippen LogP contribution in [0.3, 0.4) is 0 Å². The summed E-state index contributed by atoms with van der Waals surface area (Å²) in [6.45, 7) is 5.10. The predicted octanol–water partition coefficient (Wildman–Crippen LogP) is 3.01. The van der Waals surface area contributed by atoms with E-state index in [-0.39, 0.29) is 27.6 Å². The molecule has 0 radical (unpaired) electrons. The molecule has 10 heteroatoms. The SMILES string of the molecule is CCOCCCn1c(=NC(=O)c2cc(OC)cc(OC)c2)c(C#N)cc2c(=O)n3cccc(C)c3nc21. The van der Waals surface area contributed by atoms with Crippen molar-refractivity contribution in [3.05, 3.63) is 75.1 Å². The molecule has 0 aliphatic carbocycles. The van der Waals surface area contributed by atoms with E-state index in [2.05, 4.69) is 11.1 Å². The Bertz CT molecular complexity index is 1640. The Labute approximate surface area is 213 Å². The first-order valence-electron chi connectivity index (χ1n) is 11.8. The number of aryl methyl sites for hydroxylation is 2. The fourth-order valence-electron chi connectivity index (χ4n) is 4.06. The number of ether oxygens (including phenoxy) is 3. The number of hydrogen-bond acceptors (Lipinski definition) is 7. The van der Waals surface area contributed by atoms with Gasteiger partial charge >= 0.3 is 0 Å². The number of carbonyl (C=O) groups is 1. The molecule has 4 aromatic rings. The maximum atomic E-state index is 13.4. The van der Waals surface area contributed by atoms with E-state index < -0.39 is 5.91 Å². The average molecular weight is 502 g/mol. The Hall–Kier alpha value is -4.49. The van der Waals surface area contributed by atoms with Gasteiger partial charge in [0.1, 0.15) is 28.9 Å². The van der Waals surface area contributed by atoms with Gasteiger partial charge in [0.2, 0.25) is 0 Å². The van der Waals surface area contributed by atoms with Gasteiger partial charge in [0.25, 0.3) is 11.5 Å². The van der Waals surface area contributed by atoms with E-state index in [4.69, 9.17) is 19.2 Å². The van der Waals surface area contributed by atoms with Gasteiger partial charge in [0, 0.05) is 37.6 Å². The van der Waals surface area contributed by atoms with Crippen molar-refractivity contribution in [3.8, 4) is 17.6 Å². The van der Waals surface area contributed by atoms with Gasteiger partial charge in [-0.15, -0.1) is 0 Å². The predicted molar refractivity (Wildman–Crippen MR) is 137 cm³/mol. The minimum Gasteiger partial charge on any atom is -0.497 e. The molecule has 0 saturated heterocycles. The van der Waals surface area contributed by atoms with Crippen molar-refractivity contribution >= 4 is 22.6 Å². The fourth-order valence-corrected chi connectivity index (χ4v) is 4.06. The van der Waals surface area contributed by atoms with Gasteiger partial charge < -0.3 is 18.8 Å². The minimum absolute atomic E-state index is 0.0821. The standard InChI is InChI=1S/C27H27N5O5/c1-5-37-11-7-10-31-24(30-26(33)18-12-20(35-3)15-21(13-18)36-4)19(16-28)14-22-25(31)29-23-17(2)8-6-9-32(23)27(22)34/h6,8-9,12-15H,5,7,10-11H2,1-4H3. The van der Waals surface area contributed by atoms with Gasteiger partial charge in [-0.3, -0.25) is 14.0 Å². The lowest BCUT2D eigenvalue weighted by Gasteiger charge is -2.14. The van der Waals surface area contributed by atoms with E-state index in [1.165, 1.54) is 24.7 Å². The van der Waals surface area contributed by atoms with Crippen molar-refractivity contribution in [1.82, 2.24) is 14.0 Å². The molecule has 10 nitrogen and oxygen atoms in total. The third kappa shape index (κ3) is 5.08. The van der Waals surface area contributed by atoms with Gasteiger partial charge in [-0.25, -0.2) is 4.98 Å². The minimum atomic E-state index is -0.597. The molecular formula is C27H27N5O5. The second kappa shape index (κ2) is 11.1. The highest BCUT2D eigenvalue weighted by molar-refractivity contribution is 5.96. The number of nitrogens with zero attached hydrogens (tertiary/aromatic N) is 5. The van der Waals surface area contributed by atoms with Crippen LogP contribution in [0, 0.1) is 18.3 Å². The zero-order chi connectivity index (χ0) is 26.5. The molecule has 1 amide bonds. The van der Waals surface area contributed by atoms with E-state index in [1.54, 1.807) is 35.0 Å². The van der Waals surface area contributed by atoms with Crippen molar-refractivity contribution in [2.24, 2.45) is 4.99 Å². The molecule has 1 aromatic carbocycles. The smallest absolute Gasteiger partial charge is 0.279 e. The summed E-state index contributed by atoms with van der Waals surface area (Å²) in [6.07, 6.45) is 2.20. The van der Waals surface area contributed by atoms with Crippen molar-refractivity contribution < 1.29 is 19.0 Å². The highest BCUT2D eigenvalue weighted by atomic mass is 16.5. The lowest BCUT2D eigenvalue weighted by atomic mass is 10.2. The third-order valence-corrected chi connectivity index (χ3v) is 5.91. The number of carbonyl (C=O) groups excluding carboxylic acids is 1. The second-order valence-electron chi connectivity index (χ2n) is 8.25. The first-order chi connectivity index (χ1) is 17.9. The molecule has 0 atom stereocenters. The Balaban J connectivity index is 2.02. The maximum absolute atomic E-state index is 13.4. The number of pyridine rings is 2. The molecule has 3 heterocycles. The Morgan fingerprint density at radius 1 is 1.14 bits per heavy atom. The van der Waals surface area contributed by atoms with Crippen LogP contribution >= 0.6 is 0 Å². The molecule has 0 N–H and O–H groups in total. The van der Waals surface area contributed by atoms with Crippen molar-refractivity contribution in [1.29, 1.82) is 5.26 Å². The quantitative estimate of drug-likeness (QED) is 0.269. The zero-order valence-corrected chi connectivity index (χ0v) is 21.1. The molecule has 4 rings (SSSR count). The lowest BCUT2D eigenvalue weighted by Crippen LogP contribution is -2.30. The summed E-state index contributed by atoms with van der Waals surface area (Å²) < 4.78 is 19.1. The van der Waals surface area contributed by atoms with Crippen molar-refractivity contribution in [2.45, 2.75) is 26.8 Å². The molecule has 0 bridgehead atoms. The van der Waals surface area contributed by atoms with E-state index in [9.17, 15) is 14.9 Å². The van der Waals surface area contributed by atoms with Crippen LogP contribution in [0.1, 0.15) is 34.8 Å². The van der Waals surface area contributed by atoms with Crippen LogP contribution in [0.25, 0.3) is 16.7 Å². The highest BCUT2D eigenvalue weighted by Gasteiger charge is 2.17. The molecule has 0 spiro atoms. The van der Waals surface area contributed by atoms with Crippen molar-refractivity contribution in [3.63, 3.8) is 0 Å². The molecule has 3 aromatic heterocycles. The van der Waals surface area contributed by atoms with Crippen LogP contribution in [0.4, 0.5) is 0 Å². The molecule has 0 unspecified atom stereocenters. The maximum Gasteiger partial charge on any atom is 0.279 e. The Morgan fingerprint density at radius 2 is 1.86 bits per heavy atom. The number of nitriles is 1. The zero-order valence-electron chi connectivity index (χ0n) is 21.1. The van der Waals surface area contributed by atoms with Crippen molar-refractivity contribution in [2.75, 3.05) is 27.4 Å².